The van der Waals surface area contributed by atoms with Gasteiger partial charge in [-0.15, -0.1) is 12.8 Å². The minimum absolute atomic E-state index is 0.410. The molecule has 152 valence electrons. The van der Waals surface area contributed by atoms with Crippen molar-refractivity contribution in [1.29, 1.82) is 0 Å². The first-order valence-electron chi connectivity index (χ1n) is 9.63. The molecule has 4 N–H and O–H groups in total. The molecule has 0 amide bonds. The number of terminal acetylenes is 1. The zero-order chi connectivity index (χ0) is 21.5. The number of hydrogen-bond acceptors (Lipinski definition) is 4. The van der Waals surface area contributed by atoms with Crippen molar-refractivity contribution in [3.8, 4) is 24.1 Å². The second kappa shape index (κ2) is 14.1. The summed E-state index contributed by atoms with van der Waals surface area (Å²) in [5, 5.41) is 1.81. The summed E-state index contributed by atoms with van der Waals surface area (Å²) in [7, 11) is 0. The molecule has 1 atom stereocenters. The lowest BCUT2D eigenvalue weighted by atomic mass is 10.1. The van der Waals surface area contributed by atoms with Crippen LogP contribution in [0.3, 0.4) is 0 Å². The molecule has 0 radical (unpaired) electrons. The molecule has 0 saturated heterocycles. The molecule has 29 heavy (non-hydrogen) atoms. The Labute approximate surface area is 175 Å². The number of rotatable bonds is 6. The Balaban J connectivity index is 0.000000390. The van der Waals surface area contributed by atoms with Crippen LogP contribution in [0, 0.1) is 25.7 Å². The molecule has 0 aliphatic heterocycles. The van der Waals surface area contributed by atoms with Crippen molar-refractivity contribution in [2.75, 3.05) is 13.1 Å². The van der Waals surface area contributed by atoms with E-state index in [-0.39, 0.29) is 0 Å². The van der Waals surface area contributed by atoms with Gasteiger partial charge in [-0.1, -0.05) is 73.2 Å². The van der Waals surface area contributed by atoms with E-state index in [9.17, 15) is 0 Å². The van der Waals surface area contributed by atoms with E-state index >= 15 is 0 Å². The molecule has 1 aromatic heterocycles. The Morgan fingerprint density at radius 3 is 2.03 bits per heavy atom. The molecule has 1 heterocycles. The fourth-order valence-electron chi connectivity index (χ4n) is 2.62. The second-order valence-electron chi connectivity index (χ2n) is 6.84. The van der Waals surface area contributed by atoms with Crippen LogP contribution >= 0.6 is 0 Å². The van der Waals surface area contributed by atoms with Crippen LogP contribution in [0.5, 0.6) is 0 Å². The summed E-state index contributed by atoms with van der Waals surface area (Å²) in [6.07, 6.45) is 9.80. The van der Waals surface area contributed by atoms with E-state index in [1.54, 1.807) is 6.20 Å². The summed E-state index contributed by atoms with van der Waals surface area (Å²) in [6, 6.07) is 24.5. The molecule has 0 spiro atoms. The van der Waals surface area contributed by atoms with E-state index in [0.29, 0.717) is 12.5 Å². The Bertz CT molecular complexity index is 798. The van der Waals surface area contributed by atoms with Gasteiger partial charge in [0.25, 0.3) is 0 Å². The van der Waals surface area contributed by atoms with Gasteiger partial charge >= 0.3 is 0 Å². The van der Waals surface area contributed by atoms with Crippen molar-refractivity contribution in [1.82, 2.24) is 9.99 Å². The first-order chi connectivity index (χ1) is 14.1. The highest BCUT2D eigenvalue weighted by molar-refractivity contribution is 5.58. The van der Waals surface area contributed by atoms with Crippen LogP contribution in [-0.4, -0.2) is 23.1 Å². The van der Waals surface area contributed by atoms with E-state index in [1.165, 1.54) is 11.1 Å². The van der Waals surface area contributed by atoms with Crippen LogP contribution in [0.2, 0.25) is 0 Å². The maximum atomic E-state index is 6.00. The van der Waals surface area contributed by atoms with Crippen LogP contribution in [-0.2, 0) is 6.54 Å². The lowest BCUT2D eigenvalue weighted by Crippen LogP contribution is -2.36. The van der Waals surface area contributed by atoms with E-state index in [4.69, 9.17) is 11.6 Å². The fraction of sp³-hybridized carbons (Fsp3) is 0.240. The van der Waals surface area contributed by atoms with Gasteiger partial charge in [-0.3, -0.25) is 10.8 Å². The molecule has 3 rings (SSSR count). The highest BCUT2D eigenvalue weighted by Gasteiger charge is 2.06. The summed E-state index contributed by atoms with van der Waals surface area (Å²) >= 11 is 0. The summed E-state index contributed by atoms with van der Waals surface area (Å²) in [6.45, 7) is 6.38. The van der Waals surface area contributed by atoms with E-state index in [2.05, 4.69) is 68.1 Å². The van der Waals surface area contributed by atoms with Crippen molar-refractivity contribution in [2.24, 2.45) is 17.5 Å². The lowest BCUT2D eigenvalue weighted by molar-refractivity contribution is 0.238. The number of benzene rings is 2. The molecular weight excluding hydrogens is 356 g/mol. The summed E-state index contributed by atoms with van der Waals surface area (Å²) in [4.78, 5) is 4.34. The Hall–Kier alpha value is -2.97. The molecule has 0 unspecified atom stereocenters. The van der Waals surface area contributed by atoms with Gasteiger partial charge < -0.3 is 5.73 Å². The fourth-order valence-corrected chi connectivity index (χ4v) is 2.62. The van der Waals surface area contributed by atoms with Crippen molar-refractivity contribution in [3.05, 3.63) is 90.1 Å². The molecule has 2 aromatic carbocycles. The third-order valence-corrected chi connectivity index (χ3v) is 4.19. The number of nitrogens with zero attached hydrogens (tertiary/aromatic N) is 2. The van der Waals surface area contributed by atoms with Crippen molar-refractivity contribution >= 4 is 0 Å². The van der Waals surface area contributed by atoms with Gasteiger partial charge in [0, 0.05) is 24.8 Å². The van der Waals surface area contributed by atoms with Crippen LogP contribution in [0.1, 0.15) is 18.1 Å². The zero-order valence-electron chi connectivity index (χ0n) is 17.4. The molecular formula is C25H32N4. The quantitative estimate of drug-likeness (QED) is 0.376. The molecule has 4 nitrogen and oxygen atoms in total. The smallest absolute Gasteiger partial charge is 0.0701 e. The normalized spacial score (nSPS) is 10.9. The van der Waals surface area contributed by atoms with Gasteiger partial charge in [0.1, 0.15) is 0 Å². The Kier molecular flexibility index (Phi) is 11.7. The van der Waals surface area contributed by atoms with Gasteiger partial charge in [0.15, 0.2) is 0 Å². The molecule has 0 fully saturated rings. The maximum absolute atomic E-state index is 6.00. The van der Waals surface area contributed by atoms with Crippen molar-refractivity contribution in [2.45, 2.75) is 20.4 Å². The van der Waals surface area contributed by atoms with Crippen LogP contribution < -0.4 is 11.6 Å². The SMILES string of the molecule is C#C.C[C@H](CN)CN(N)Cc1ccc(-c2ccccn2)cc1.Cc1ccccc1. The zero-order valence-corrected chi connectivity index (χ0v) is 17.4. The predicted molar refractivity (Wildman–Crippen MR) is 124 cm³/mol. The third kappa shape index (κ3) is 9.68. The number of nitrogens with two attached hydrogens (primary N) is 2. The van der Waals surface area contributed by atoms with Crippen molar-refractivity contribution < 1.29 is 0 Å². The average molecular weight is 389 g/mol. The molecule has 0 saturated carbocycles. The molecule has 0 aliphatic rings. The monoisotopic (exact) mass is 388 g/mol. The first kappa shape index (κ1) is 24.1. The lowest BCUT2D eigenvalue weighted by Gasteiger charge is -2.20. The van der Waals surface area contributed by atoms with Crippen LogP contribution in [0.4, 0.5) is 0 Å². The van der Waals surface area contributed by atoms with E-state index < -0.39 is 0 Å². The molecule has 0 aliphatic carbocycles. The van der Waals surface area contributed by atoms with Gasteiger partial charge in [-0.25, -0.2) is 5.01 Å². The number of hydrazine groups is 1. The van der Waals surface area contributed by atoms with Crippen LogP contribution in [0.25, 0.3) is 11.3 Å². The van der Waals surface area contributed by atoms with Gasteiger partial charge in [-0.05, 0) is 37.1 Å². The Morgan fingerprint density at radius 1 is 0.931 bits per heavy atom. The summed E-state index contributed by atoms with van der Waals surface area (Å²) < 4.78 is 0. The second-order valence-corrected chi connectivity index (χ2v) is 6.84. The maximum Gasteiger partial charge on any atom is 0.0701 e. The number of aryl methyl sites for hydroxylation is 1. The summed E-state index contributed by atoms with van der Waals surface area (Å²) in [5.41, 5.74) is 10.2. The van der Waals surface area contributed by atoms with Gasteiger partial charge in [0.2, 0.25) is 0 Å². The largest absolute Gasteiger partial charge is 0.330 e. The van der Waals surface area contributed by atoms with Gasteiger partial charge in [-0.2, -0.15) is 0 Å². The standard InChI is InChI=1S/C16H22N4.C7H8.C2H2/c1-13(10-17)11-20(18)12-14-5-7-15(8-6-14)16-4-2-3-9-19-16;1-7-5-3-2-4-6-7;1-2/h2-9,13H,10-12,17-18H2,1H3;2-6H,1H3;1-2H/t13-;;/m1../s1. The minimum atomic E-state index is 0.410. The van der Waals surface area contributed by atoms with E-state index in [0.717, 1.165) is 24.3 Å². The predicted octanol–water partition coefficient (Wildman–Crippen LogP) is 4.26. The minimum Gasteiger partial charge on any atom is -0.330 e. The summed E-state index contributed by atoms with van der Waals surface area (Å²) in [5.74, 6) is 6.41. The highest BCUT2D eigenvalue weighted by Crippen LogP contribution is 2.17. The average Bonchev–Trinajstić information content (AvgIpc) is 2.77. The number of aromatic nitrogens is 1. The molecule has 0 bridgehead atoms. The Morgan fingerprint density at radius 2 is 1.55 bits per heavy atom. The van der Waals surface area contributed by atoms with Crippen molar-refractivity contribution in [3.63, 3.8) is 0 Å². The van der Waals surface area contributed by atoms with E-state index in [1.807, 2.05) is 41.4 Å². The first-order valence-corrected chi connectivity index (χ1v) is 9.63. The third-order valence-electron chi connectivity index (χ3n) is 4.19. The number of pyridine rings is 1. The number of hydrogen-bond donors (Lipinski definition) is 2. The molecule has 4 heteroatoms. The highest BCUT2D eigenvalue weighted by atomic mass is 15.4. The van der Waals surface area contributed by atoms with Gasteiger partial charge in [0.05, 0.1) is 5.69 Å². The molecule has 3 aromatic rings. The van der Waals surface area contributed by atoms with Crippen LogP contribution in [0.15, 0.2) is 79.0 Å². The topological polar surface area (TPSA) is 68.2 Å².